The van der Waals surface area contributed by atoms with Gasteiger partial charge in [-0.2, -0.15) is 22.3 Å². The first-order valence-electron chi connectivity index (χ1n) is 12.8. The Kier molecular flexibility index (Phi) is 7.18. The summed E-state index contributed by atoms with van der Waals surface area (Å²) in [6, 6.07) is 3.93. The summed E-state index contributed by atoms with van der Waals surface area (Å²) in [5, 5.41) is 9.64. The summed E-state index contributed by atoms with van der Waals surface area (Å²) in [6.45, 7) is 2.52. The maximum absolute atomic E-state index is 13.7. The van der Waals surface area contributed by atoms with E-state index in [1.54, 1.807) is 11.4 Å². The molecule has 0 aromatic carbocycles. The van der Waals surface area contributed by atoms with Gasteiger partial charge in [-0.1, -0.05) is 0 Å². The first-order chi connectivity index (χ1) is 17.7. The Morgan fingerprint density at radius 1 is 1.22 bits per heavy atom. The molecular formula is C23H34N8O4S2. The highest BCUT2D eigenvalue weighted by molar-refractivity contribution is 7.89. The predicted molar refractivity (Wildman–Crippen MR) is 139 cm³/mol. The second-order valence-electron chi connectivity index (χ2n) is 10.4. The fourth-order valence-electron chi connectivity index (χ4n) is 5.68. The fraction of sp³-hybridized carbons (Fsp3) is 0.696. The number of nitriles is 1. The van der Waals surface area contributed by atoms with Gasteiger partial charge in [0.15, 0.2) is 0 Å². The van der Waals surface area contributed by atoms with Gasteiger partial charge in [-0.05, 0) is 44.1 Å². The van der Waals surface area contributed by atoms with E-state index in [2.05, 4.69) is 19.9 Å². The van der Waals surface area contributed by atoms with Crippen molar-refractivity contribution in [2.75, 3.05) is 57.0 Å². The molecule has 0 amide bonds. The largest absolute Gasteiger partial charge is 0.353 e. The van der Waals surface area contributed by atoms with Crippen LogP contribution >= 0.6 is 0 Å². The summed E-state index contributed by atoms with van der Waals surface area (Å²) in [4.78, 5) is 14.0. The van der Waals surface area contributed by atoms with Crippen molar-refractivity contribution in [3.63, 3.8) is 0 Å². The monoisotopic (exact) mass is 550 g/mol. The van der Waals surface area contributed by atoms with Crippen LogP contribution in [0.3, 0.4) is 0 Å². The molecule has 1 N–H and O–H groups in total. The summed E-state index contributed by atoms with van der Waals surface area (Å²) in [5.74, 6) is 0.704. The van der Waals surface area contributed by atoms with Gasteiger partial charge >= 0.3 is 0 Å². The van der Waals surface area contributed by atoms with Crippen molar-refractivity contribution in [1.29, 1.82) is 5.26 Å². The van der Waals surface area contributed by atoms with Crippen molar-refractivity contribution in [3.05, 3.63) is 18.6 Å². The maximum atomic E-state index is 13.7. The molecule has 1 spiro atoms. The highest BCUT2D eigenvalue weighted by atomic mass is 32.2. The number of unbranched alkanes of at least 4 members (excludes halogenated alkanes) is 1. The Hall–Kier alpha value is -2.31. The molecule has 1 atom stereocenters. The minimum Gasteiger partial charge on any atom is -0.353 e. The number of anilines is 1. The molecule has 202 valence electrons. The van der Waals surface area contributed by atoms with Crippen LogP contribution in [0.25, 0.3) is 11.0 Å². The molecule has 3 aliphatic rings. The Morgan fingerprint density at radius 2 is 2.03 bits per heavy atom. The standard InChI is InChI=1S/C23H34N8O4S2/c1-28(15-19-5-4-11-30(16-19)36(32,33)14-3-2-9-24)37(34,35)31-13-12-29(17-23(31)7-8-23)22-20-6-10-25-21(20)26-18-27-22/h6,10,18-19H,2-5,7-8,11-17H2,1H3,(H,25,26,27). The second kappa shape index (κ2) is 10.1. The van der Waals surface area contributed by atoms with Crippen LogP contribution < -0.4 is 4.90 Å². The van der Waals surface area contributed by atoms with Crippen molar-refractivity contribution >= 4 is 37.1 Å². The lowest BCUT2D eigenvalue weighted by Gasteiger charge is -2.43. The van der Waals surface area contributed by atoms with Crippen LogP contribution in [-0.2, 0) is 20.2 Å². The number of rotatable bonds is 9. The van der Waals surface area contributed by atoms with E-state index in [9.17, 15) is 16.8 Å². The third kappa shape index (κ3) is 5.20. The third-order valence-electron chi connectivity index (χ3n) is 7.80. The minimum absolute atomic E-state index is 0.0460. The number of fused-ring (bicyclic) bond motifs is 1. The summed E-state index contributed by atoms with van der Waals surface area (Å²) in [5.41, 5.74) is 0.319. The summed E-state index contributed by atoms with van der Waals surface area (Å²) in [7, 11) is -5.56. The van der Waals surface area contributed by atoms with Gasteiger partial charge in [0.25, 0.3) is 10.2 Å². The number of hydrogen-bond acceptors (Lipinski definition) is 8. The van der Waals surface area contributed by atoms with Gasteiger partial charge in [0.2, 0.25) is 10.0 Å². The molecule has 0 bridgehead atoms. The molecule has 12 nitrogen and oxygen atoms in total. The zero-order chi connectivity index (χ0) is 26.3. The molecule has 1 aliphatic carbocycles. The van der Waals surface area contributed by atoms with E-state index in [4.69, 9.17) is 5.26 Å². The average molecular weight is 551 g/mol. The van der Waals surface area contributed by atoms with E-state index in [-0.39, 0.29) is 24.6 Å². The lowest BCUT2D eigenvalue weighted by atomic mass is 10.00. The van der Waals surface area contributed by atoms with Crippen molar-refractivity contribution in [2.45, 2.75) is 44.1 Å². The van der Waals surface area contributed by atoms with E-state index in [1.165, 1.54) is 14.9 Å². The van der Waals surface area contributed by atoms with Crippen molar-refractivity contribution in [1.82, 2.24) is 27.9 Å². The van der Waals surface area contributed by atoms with Crippen LogP contribution in [0.2, 0.25) is 0 Å². The fourth-order valence-corrected chi connectivity index (χ4v) is 9.07. The van der Waals surface area contributed by atoms with Gasteiger partial charge in [0.1, 0.15) is 17.8 Å². The zero-order valence-corrected chi connectivity index (χ0v) is 22.7. The number of nitrogens with one attached hydrogen (secondary N) is 1. The smallest absolute Gasteiger partial charge is 0.282 e. The number of aromatic nitrogens is 3. The molecular weight excluding hydrogens is 516 g/mol. The van der Waals surface area contributed by atoms with Crippen molar-refractivity contribution in [2.24, 2.45) is 5.92 Å². The van der Waals surface area contributed by atoms with Gasteiger partial charge in [-0.15, -0.1) is 0 Å². The SMILES string of the molecule is CN(CC1CCCN(S(=O)(=O)CCCC#N)C1)S(=O)(=O)N1CCN(c2ncnc3[nH]ccc23)CC12CC2. The molecule has 14 heteroatoms. The highest BCUT2D eigenvalue weighted by Crippen LogP contribution is 2.47. The minimum atomic E-state index is -3.72. The van der Waals surface area contributed by atoms with Gasteiger partial charge in [-0.25, -0.2) is 22.7 Å². The summed E-state index contributed by atoms with van der Waals surface area (Å²) in [6.07, 6.45) is 6.96. The normalized spacial score (nSPS) is 23.1. The zero-order valence-electron chi connectivity index (χ0n) is 21.1. The number of H-pyrrole nitrogens is 1. The van der Waals surface area contributed by atoms with Crippen molar-refractivity contribution in [3.8, 4) is 6.07 Å². The van der Waals surface area contributed by atoms with Crippen LogP contribution in [0.5, 0.6) is 0 Å². The molecule has 5 rings (SSSR count). The van der Waals surface area contributed by atoms with Crippen molar-refractivity contribution < 1.29 is 16.8 Å². The topological polar surface area (TPSA) is 147 Å². The van der Waals surface area contributed by atoms with E-state index in [0.29, 0.717) is 45.6 Å². The molecule has 2 aromatic heterocycles. The number of hydrogen-bond donors (Lipinski definition) is 1. The lowest BCUT2D eigenvalue weighted by Crippen LogP contribution is -2.60. The molecule has 2 saturated heterocycles. The second-order valence-corrected chi connectivity index (χ2v) is 14.4. The number of piperazine rings is 1. The predicted octanol–water partition coefficient (Wildman–Crippen LogP) is 1.13. The van der Waals surface area contributed by atoms with E-state index < -0.39 is 25.8 Å². The summed E-state index contributed by atoms with van der Waals surface area (Å²) < 4.78 is 57.4. The highest BCUT2D eigenvalue weighted by Gasteiger charge is 2.57. The molecule has 2 aliphatic heterocycles. The average Bonchev–Trinajstić information content (AvgIpc) is 3.44. The maximum Gasteiger partial charge on any atom is 0.282 e. The molecule has 3 fully saturated rings. The van der Waals surface area contributed by atoms with E-state index in [0.717, 1.165) is 36.1 Å². The first kappa shape index (κ1) is 26.3. The molecule has 1 unspecified atom stereocenters. The van der Waals surface area contributed by atoms with Crippen LogP contribution in [0.4, 0.5) is 5.82 Å². The molecule has 1 saturated carbocycles. The molecule has 0 radical (unpaired) electrons. The van der Waals surface area contributed by atoms with Crippen LogP contribution in [-0.4, -0.2) is 102 Å². The van der Waals surface area contributed by atoms with Gasteiger partial charge in [0, 0.05) is 58.9 Å². The number of nitrogens with zero attached hydrogens (tertiary/aromatic N) is 7. The Labute approximate surface area is 218 Å². The van der Waals surface area contributed by atoms with Gasteiger partial charge < -0.3 is 9.88 Å². The number of piperidine rings is 1. The van der Waals surface area contributed by atoms with Gasteiger partial charge in [-0.3, -0.25) is 0 Å². The third-order valence-corrected chi connectivity index (χ3v) is 11.8. The summed E-state index contributed by atoms with van der Waals surface area (Å²) >= 11 is 0. The molecule has 4 heterocycles. The molecule has 2 aromatic rings. The van der Waals surface area contributed by atoms with Crippen LogP contribution in [0.1, 0.15) is 38.5 Å². The Morgan fingerprint density at radius 3 is 2.78 bits per heavy atom. The Balaban J connectivity index is 1.24. The van der Waals surface area contributed by atoms with Crippen LogP contribution in [0, 0.1) is 17.2 Å². The lowest BCUT2D eigenvalue weighted by molar-refractivity contribution is 0.217. The molecule has 37 heavy (non-hydrogen) atoms. The Bertz CT molecular complexity index is 1380. The first-order valence-corrected chi connectivity index (χ1v) is 15.8. The number of aromatic amines is 1. The quantitative estimate of drug-likeness (QED) is 0.457. The van der Waals surface area contributed by atoms with Gasteiger partial charge in [0.05, 0.1) is 22.7 Å². The van der Waals surface area contributed by atoms with E-state index in [1.807, 2.05) is 18.3 Å². The van der Waals surface area contributed by atoms with E-state index >= 15 is 0 Å². The van der Waals surface area contributed by atoms with Crippen LogP contribution in [0.15, 0.2) is 18.6 Å². The number of sulfonamides is 1.